The van der Waals surface area contributed by atoms with Gasteiger partial charge in [0.15, 0.2) is 0 Å². The predicted molar refractivity (Wildman–Crippen MR) is 183 cm³/mol. The topological polar surface area (TPSA) is 13.1 Å². The van der Waals surface area contributed by atoms with E-state index in [1.165, 1.54) is 65.7 Å². The maximum Gasteiger partial charge on any atom is 0.136 e. The minimum Gasteiger partial charge on any atom is -0.456 e. The van der Waals surface area contributed by atoms with Gasteiger partial charge in [-0.2, -0.15) is 0 Å². The van der Waals surface area contributed by atoms with Crippen LogP contribution in [-0.2, 0) is 0 Å². The molecule has 9 aromatic rings. The van der Waals surface area contributed by atoms with Crippen LogP contribution in [0.4, 0.5) is 0 Å². The molecule has 43 heavy (non-hydrogen) atoms. The number of hydrogen-bond donors (Lipinski definition) is 0. The van der Waals surface area contributed by atoms with Crippen LogP contribution in [-0.4, -0.2) is 0 Å². The van der Waals surface area contributed by atoms with E-state index < -0.39 is 0 Å². The van der Waals surface area contributed by atoms with Crippen LogP contribution in [0.15, 0.2) is 162 Å². The summed E-state index contributed by atoms with van der Waals surface area (Å²) >= 11 is 0. The third-order valence-corrected chi connectivity index (χ3v) is 8.86. The maximum atomic E-state index is 6.37. The summed E-state index contributed by atoms with van der Waals surface area (Å²) in [4.78, 5) is 0. The third-order valence-electron chi connectivity index (χ3n) is 8.86. The lowest BCUT2D eigenvalue weighted by atomic mass is 9.83. The smallest absolute Gasteiger partial charge is 0.136 e. The lowest BCUT2D eigenvalue weighted by Crippen LogP contribution is -1.92. The second-order valence-corrected chi connectivity index (χ2v) is 11.2. The van der Waals surface area contributed by atoms with Crippen molar-refractivity contribution in [2.75, 3.05) is 0 Å². The predicted octanol–water partition coefficient (Wildman–Crippen LogP) is 12.0. The zero-order valence-corrected chi connectivity index (χ0v) is 23.4. The highest BCUT2D eigenvalue weighted by molar-refractivity contribution is 6.26. The molecule has 0 radical (unpaired) electrons. The summed E-state index contributed by atoms with van der Waals surface area (Å²) in [7, 11) is 0. The summed E-state index contributed by atoms with van der Waals surface area (Å²) in [5.41, 5.74) is 9.20. The van der Waals surface area contributed by atoms with E-state index in [0.29, 0.717) is 0 Å². The van der Waals surface area contributed by atoms with E-state index in [9.17, 15) is 0 Å². The fourth-order valence-corrected chi connectivity index (χ4v) is 7.01. The van der Waals surface area contributed by atoms with Gasteiger partial charge in [0, 0.05) is 10.8 Å². The number of benzene rings is 8. The second kappa shape index (κ2) is 9.44. The van der Waals surface area contributed by atoms with Gasteiger partial charge < -0.3 is 4.42 Å². The fraction of sp³-hybridized carbons (Fsp3) is 0. The largest absolute Gasteiger partial charge is 0.456 e. The molecular formula is C42H26O. The summed E-state index contributed by atoms with van der Waals surface area (Å²) < 4.78 is 6.37. The first-order chi connectivity index (χ1) is 21.3. The molecule has 1 aromatic heterocycles. The van der Waals surface area contributed by atoms with Gasteiger partial charge in [-0.1, -0.05) is 140 Å². The molecule has 1 heteroatoms. The fourth-order valence-electron chi connectivity index (χ4n) is 7.01. The first-order valence-corrected chi connectivity index (χ1v) is 14.8. The Morgan fingerprint density at radius 2 is 0.930 bits per heavy atom. The molecule has 0 saturated carbocycles. The van der Waals surface area contributed by atoms with Crippen molar-refractivity contribution in [3.05, 3.63) is 158 Å². The molecule has 9 rings (SSSR count). The average Bonchev–Trinajstić information content (AvgIpc) is 3.46. The molecule has 0 bridgehead atoms. The van der Waals surface area contributed by atoms with Crippen LogP contribution >= 0.6 is 0 Å². The first kappa shape index (κ1) is 24.0. The van der Waals surface area contributed by atoms with E-state index in [1.807, 2.05) is 6.07 Å². The first-order valence-electron chi connectivity index (χ1n) is 14.8. The van der Waals surface area contributed by atoms with Crippen molar-refractivity contribution >= 4 is 54.3 Å². The van der Waals surface area contributed by atoms with Crippen molar-refractivity contribution in [1.29, 1.82) is 0 Å². The SMILES string of the molecule is c1ccc(-c2c3ccccc3c(-c3cccc4oc5ccccc5c34)c3cc(-c4cccc5ccccc45)ccc23)cc1. The molecule has 0 atom stereocenters. The molecule has 0 aliphatic carbocycles. The number of hydrogen-bond acceptors (Lipinski definition) is 1. The summed E-state index contributed by atoms with van der Waals surface area (Å²) in [5, 5.41) is 9.78. The number of rotatable bonds is 3. The van der Waals surface area contributed by atoms with E-state index in [-0.39, 0.29) is 0 Å². The molecule has 0 fully saturated rings. The summed E-state index contributed by atoms with van der Waals surface area (Å²) in [6, 6.07) is 56.8. The van der Waals surface area contributed by atoms with Crippen LogP contribution < -0.4 is 0 Å². The average molecular weight is 547 g/mol. The molecule has 1 nitrogen and oxygen atoms in total. The van der Waals surface area contributed by atoms with Gasteiger partial charge in [-0.3, -0.25) is 0 Å². The zero-order chi connectivity index (χ0) is 28.3. The van der Waals surface area contributed by atoms with Crippen molar-refractivity contribution in [2.45, 2.75) is 0 Å². The Kier molecular flexibility index (Phi) is 5.27. The highest BCUT2D eigenvalue weighted by Gasteiger charge is 2.21. The van der Waals surface area contributed by atoms with Gasteiger partial charge in [0.1, 0.15) is 11.2 Å². The Bertz CT molecular complexity index is 2490. The van der Waals surface area contributed by atoms with Crippen LogP contribution in [0.1, 0.15) is 0 Å². The molecule has 0 spiro atoms. The van der Waals surface area contributed by atoms with Crippen LogP contribution in [0.25, 0.3) is 87.6 Å². The van der Waals surface area contributed by atoms with Gasteiger partial charge in [0.05, 0.1) is 0 Å². The summed E-state index contributed by atoms with van der Waals surface area (Å²) in [5.74, 6) is 0. The van der Waals surface area contributed by atoms with Crippen LogP contribution in [0.2, 0.25) is 0 Å². The highest BCUT2D eigenvalue weighted by Crippen LogP contribution is 2.47. The second-order valence-electron chi connectivity index (χ2n) is 11.2. The molecule has 0 saturated heterocycles. The highest BCUT2D eigenvalue weighted by atomic mass is 16.3. The minimum atomic E-state index is 0.910. The van der Waals surface area contributed by atoms with Crippen molar-refractivity contribution in [3.63, 3.8) is 0 Å². The maximum absolute atomic E-state index is 6.37. The van der Waals surface area contributed by atoms with Crippen molar-refractivity contribution in [3.8, 4) is 33.4 Å². The summed E-state index contributed by atoms with van der Waals surface area (Å²) in [6.07, 6.45) is 0. The minimum absolute atomic E-state index is 0.910. The lowest BCUT2D eigenvalue weighted by molar-refractivity contribution is 0.669. The van der Waals surface area contributed by atoms with E-state index in [0.717, 1.165) is 21.9 Å². The van der Waals surface area contributed by atoms with Crippen LogP contribution in [0.5, 0.6) is 0 Å². The standard InChI is InChI=1S/C42H26O/c1-2-13-28(14-3-1)40-32-17-6-7-18-33(32)41(36-21-11-23-39-42(36)35-19-8-9-22-38(35)43-39)37-26-29(24-25-34(37)40)31-20-10-15-27-12-4-5-16-30(27)31/h1-26H. The Morgan fingerprint density at radius 3 is 1.79 bits per heavy atom. The zero-order valence-electron chi connectivity index (χ0n) is 23.4. The molecule has 200 valence electrons. The molecule has 8 aromatic carbocycles. The van der Waals surface area contributed by atoms with Crippen molar-refractivity contribution in [2.24, 2.45) is 0 Å². The van der Waals surface area contributed by atoms with E-state index in [1.54, 1.807) is 0 Å². The van der Waals surface area contributed by atoms with Gasteiger partial charge in [-0.05, 0) is 83.9 Å². The van der Waals surface area contributed by atoms with E-state index in [4.69, 9.17) is 4.42 Å². The molecular weight excluding hydrogens is 520 g/mol. The van der Waals surface area contributed by atoms with Gasteiger partial charge >= 0.3 is 0 Å². The Balaban J connectivity index is 1.48. The monoisotopic (exact) mass is 546 g/mol. The quantitative estimate of drug-likeness (QED) is 0.201. The lowest BCUT2D eigenvalue weighted by Gasteiger charge is -2.19. The molecule has 0 amide bonds. The Labute approximate surface area is 249 Å². The van der Waals surface area contributed by atoms with E-state index >= 15 is 0 Å². The van der Waals surface area contributed by atoms with Crippen LogP contribution in [0, 0.1) is 0 Å². The van der Waals surface area contributed by atoms with Crippen molar-refractivity contribution < 1.29 is 4.42 Å². The number of fused-ring (bicyclic) bond motifs is 6. The van der Waals surface area contributed by atoms with Crippen LogP contribution in [0.3, 0.4) is 0 Å². The van der Waals surface area contributed by atoms with Gasteiger partial charge in [-0.25, -0.2) is 0 Å². The normalized spacial score (nSPS) is 11.7. The molecule has 0 aliphatic heterocycles. The van der Waals surface area contributed by atoms with Gasteiger partial charge in [0.25, 0.3) is 0 Å². The Hall–Kier alpha value is -5.66. The van der Waals surface area contributed by atoms with E-state index in [2.05, 4.69) is 152 Å². The summed E-state index contributed by atoms with van der Waals surface area (Å²) in [6.45, 7) is 0. The Morgan fingerprint density at radius 1 is 0.326 bits per heavy atom. The molecule has 0 unspecified atom stereocenters. The molecule has 0 N–H and O–H groups in total. The van der Waals surface area contributed by atoms with Crippen molar-refractivity contribution in [1.82, 2.24) is 0 Å². The number of furan rings is 1. The molecule has 1 heterocycles. The third kappa shape index (κ3) is 3.65. The van der Waals surface area contributed by atoms with Gasteiger partial charge in [0.2, 0.25) is 0 Å². The van der Waals surface area contributed by atoms with Gasteiger partial charge in [-0.15, -0.1) is 0 Å². The molecule has 0 aliphatic rings. The number of para-hydroxylation sites is 1.